The first-order valence-corrected chi connectivity index (χ1v) is 7.31. The van der Waals surface area contributed by atoms with Gasteiger partial charge < -0.3 is 9.47 Å². The van der Waals surface area contributed by atoms with Gasteiger partial charge in [-0.1, -0.05) is 19.3 Å². The van der Waals surface area contributed by atoms with Crippen molar-refractivity contribution in [2.45, 2.75) is 63.5 Å². The first-order valence-electron chi connectivity index (χ1n) is 7.31. The van der Waals surface area contributed by atoms with E-state index >= 15 is 0 Å². The highest BCUT2D eigenvalue weighted by molar-refractivity contribution is 5.81. The maximum absolute atomic E-state index is 12.2. The Labute approximate surface area is 109 Å². The Balaban J connectivity index is 1.92. The third-order valence-corrected chi connectivity index (χ3v) is 4.07. The van der Waals surface area contributed by atoms with Crippen molar-refractivity contribution in [3.8, 4) is 0 Å². The number of hydrogen-bond donors (Lipinski definition) is 1. The molecule has 0 radical (unpaired) electrons. The van der Waals surface area contributed by atoms with Crippen molar-refractivity contribution in [3.63, 3.8) is 0 Å². The van der Waals surface area contributed by atoms with E-state index in [4.69, 9.17) is 9.47 Å². The van der Waals surface area contributed by atoms with Gasteiger partial charge >= 0.3 is 5.97 Å². The summed E-state index contributed by atoms with van der Waals surface area (Å²) in [6, 6.07) is 0. The summed E-state index contributed by atoms with van der Waals surface area (Å²) >= 11 is 0. The molecule has 18 heavy (non-hydrogen) atoms. The van der Waals surface area contributed by atoms with Crippen molar-refractivity contribution in [1.82, 2.24) is 5.32 Å². The van der Waals surface area contributed by atoms with Gasteiger partial charge in [0.2, 0.25) is 0 Å². The summed E-state index contributed by atoms with van der Waals surface area (Å²) in [5.41, 5.74) is -0.444. The van der Waals surface area contributed by atoms with Crippen molar-refractivity contribution < 1.29 is 14.3 Å². The van der Waals surface area contributed by atoms with Crippen molar-refractivity contribution in [2.24, 2.45) is 0 Å². The average molecular weight is 255 g/mol. The molecule has 1 saturated carbocycles. The van der Waals surface area contributed by atoms with E-state index < -0.39 is 5.54 Å². The predicted molar refractivity (Wildman–Crippen MR) is 69.4 cm³/mol. The second-order valence-corrected chi connectivity index (χ2v) is 5.38. The Morgan fingerprint density at radius 1 is 1.33 bits per heavy atom. The number of esters is 1. The maximum Gasteiger partial charge on any atom is 0.326 e. The lowest BCUT2D eigenvalue weighted by molar-refractivity contribution is -0.153. The van der Waals surface area contributed by atoms with Crippen LogP contribution in [0, 0.1) is 0 Å². The van der Waals surface area contributed by atoms with E-state index in [2.05, 4.69) is 5.32 Å². The molecule has 0 aromatic heterocycles. The summed E-state index contributed by atoms with van der Waals surface area (Å²) in [6.45, 7) is 3.97. The van der Waals surface area contributed by atoms with E-state index in [0.717, 1.165) is 51.7 Å². The van der Waals surface area contributed by atoms with Crippen LogP contribution in [-0.2, 0) is 14.3 Å². The minimum absolute atomic E-state index is 0.0669. The van der Waals surface area contributed by atoms with Crippen molar-refractivity contribution in [1.29, 1.82) is 0 Å². The zero-order valence-corrected chi connectivity index (χ0v) is 11.4. The van der Waals surface area contributed by atoms with Crippen LogP contribution in [0.2, 0.25) is 0 Å². The Bertz CT molecular complexity index is 268. The molecule has 0 spiro atoms. The molecule has 0 aromatic rings. The molecule has 4 nitrogen and oxygen atoms in total. The van der Waals surface area contributed by atoms with E-state index in [0.29, 0.717) is 6.61 Å². The fourth-order valence-corrected chi connectivity index (χ4v) is 2.99. The zero-order chi connectivity index (χ0) is 12.8. The van der Waals surface area contributed by atoms with Gasteiger partial charge in [-0.05, 0) is 32.6 Å². The third kappa shape index (κ3) is 3.23. The lowest BCUT2D eigenvalue weighted by Gasteiger charge is -2.36. The standard InChI is InChI=1S/C14H25NO3/c1-2-17-13(16)14(8-4-3-5-9-14)15-11-12-7-6-10-18-12/h12,15H,2-11H2,1H3. The highest BCUT2D eigenvalue weighted by Crippen LogP contribution is 2.30. The zero-order valence-electron chi connectivity index (χ0n) is 11.4. The van der Waals surface area contributed by atoms with Gasteiger partial charge in [0, 0.05) is 13.2 Å². The van der Waals surface area contributed by atoms with E-state index in [1.165, 1.54) is 6.42 Å². The summed E-state index contributed by atoms with van der Waals surface area (Å²) in [7, 11) is 0. The van der Waals surface area contributed by atoms with Gasteiger partial charge in [-0.2, -0.15) is 0 Å². The Hall–Kier alpha value is -0.610. The molecule has 1 aliphatic carbocycles. The summed E-state index contributed by atoms with van der Waals surface area (Å²) in [4.78, 5) is 12.2. The van der Waals surface area contributed by atoms with E-state index in [1.54, 1.807) is 0 Å². The molecule has 1 unspecified atom stereocenters. The van der Waals surface area contributed by atoms with E-state index in [-0.39, 0.29) is 12.1 Å². The van der Waals surface area contributed by atoms with Gasteiger partial charge in [-0.15, -0.1) is 0 Å². The predicted octanol–water partition coefficient (Wildman–Crippen LogP) is 2.02. The molecular weight excluding hydrogens is 230 g/mol. The number of carbonyl (C=O) groups is 1. The first-order chi connectivity index (χ1) is 8.77. The number of nitrogens with one attached hydrogen (secondary N) is 1. The SMILES string of the molecule is CCOC(=O)C1(NCC2CCCO2)CCCCC1. The van der Waals surface area contributed by atoms with Gasteiger partial charge in [-0.3, -0.25) is 10.1 Å². The Morgan fingerprint density at radius 2 is 2.11 bits per heavy atom. The molecule has 0 amide bonds. The van der Waals surface area contributed by atoms with Crippen molar-refractivity contribution >= 4 is 5.97 Å². The monoisotopic (exact) mass is 255 g/mol. The molecule has 104 valence electrons. The molecule has 1 saturated heterocycles. The first kappa shape index (κ1) is 13.8. The molecule has 0 aromatic carbocycles. The lowest BCUT2D eigenvalue weighted by Crippen LogP contribution is -2.56. The van der Waals surface area contributed by atoms with Gasteiger partial charge in [0.25, 0.3) is 0 Å². The number of rotatable bonds is 5. The molecular formula is C14H25NO3. The molecule has 4 heteroatoms. The summed E-state index contributed by atoms with van der Waals surface area (Å²) in [5, 5.41) is 3.46. The molecule has 0 bridgehead atoms. The fraction of sp³-hybridized carbons (Fsp3) is 0.929. The molecule has 1 atom stereocenters. The number of carbonyl (C=O) groups excluding carboxylic acids is 1. The number of ether oxygens (including phenoxy) is 2. The summed E-state index contributed by atoms with van der Waals surface area (Å²) in [6.07, 6.45) is 7.76. The van der Waals surface area contributed by atoms with Crippen molar-refractivity contribution in [3.05, 3.63) is 0 Å². The Morgan fingerprint density at radius 3 is 2.72 bits per heavy atom. The minimum Gasteiger partial charge on any atom is -0.465 e. The molecule has 1 N–H and O–H groups in total. The van der Waals surface area contributed by atoms with Crippen LogP contribution in [0.5, 0.6) is 0 Å². The normalized spacial score (nSPS) is 27.1. The smallest absolute Gasteiger partial charge is 0.326 e. The topological polar surface area (TPSA) is 47.6 Å². The van der Waals surface area contributed by atoms with E-state index in [1.807, 2.05) is 6.92 Å². The molecule has 1 heterocycles. The Kier molecular flexibility index (Phi) is 5.01. The van der Waals surface area contributed by atoms with Gasteiger partial charge in [-0.25, -0.2) is 0 Å². The molecule has 2 fully saturated rings. The van der Waals surface area contributed by atoms with Crippen molar-refractivity contribution in [2.75, 3.05) is 19.8 Å². The van der Waals surface area contributed by atoms with Crippen LogP contribution in [-0.4, -0.2) is 37.4 Å². The van der Waals surface area contributed by atoms with E-state index in [9.17, 15) is 4.79 Å². The van der Waals surface area contributed by atoms with Crippen LogP contribution in [0.4, 0.5) is 0 Å². The molecule has 2 aliphatic rings. The van der Waals surface area contributed by atoms with Crippen LogP contribution < -0.4 is 5.32 Å². The third-order valence-electron chi connectivity index (χ3n) is 4.07. The molecule has 1 aliphatic heterocycles. The summed E-state index contributed by atoms with van der Waals surface area (Å²) in [5.74, 6) is -0.0669. The molecule has 2 rings (SSSR count). The second kappa shape index (κ2) is 6.53. The second-order valence-electron chi connectivity index (χ2n) is 5.38. The highest BCUT2D eigenvalue weighted by Gasteiger charge is 2.41. The van der Waals surface area contributed by atoms with Crippen LogP contribution in [0.15, 0.2) is 0 Å². The largest absolute Gasteiger partial charge is 0.465 e. The van der Waals surface area contributed by atoms with Crippen LogP contribution in [0.1, 0.15) is 51.9 Å². The number of hydrogen-bond acceptors (Lipinski definition) is 4. The average Bonchev–Trinajstić information content (AvgIpc) is 2.91. The van der Waals surface area contributed by atoms with Crippen LogP contribution in [0.3, 0.4) is 0 Å². The quantitative estimate of drug-likeness (QED) is 0.764. The van der Waals surface area contributed by atoms with Gasteiger partial charge in [0.05, 0.1) is 12.7 Å². The van der Waals surface area contributed by atoms with Gasteiger partial charge in [0.1, 0.15) is 5.54 Å². The van der Waals surface area contributed by atoms with Crippen LogP contribution >= 0.6 is 0 Å². The minimum atomic E-state index is -0.444. The fourth-order valence-electron chi connectivity index (χ4n) is 2.99. The lowest BCUT2D eigenvalue weighted by atomic mass is 9.81. The highest BCUT2D eigenvalue weighted by atomic mass is 16.5. The summed E-state index contributed by atoms with van der Waals surface area (Å²) < 4.78 is 10.9. The maximum atomic E-state index is 12.2. The van der Waals surface area contributed by atoms with Crippen LogP contribution in [0.25, 0.3) is 0 Å². The van der Waals surface area contributed by atoms with Gasteiger partial charge in [0.15, 0.2) is 0 Å².